The van der Waals surface area contributed by atoms with Crippen LogP contribution in [0.15, 0.2) is 72.8 Å². The van der Waals surface area contributed by atoms with Crippen molar-refractivity contribution in [3.8, 4) is 0 Å². The standard InChI is InChI=1S/C18H18N3P.3C2H4O2.Ru/c19-15-11-12-16(18(21)17(15)20)22(13-7-3-1-4-8-13)14-9-5-2-6-10-14;3*1-2(3)4;/h1-12H,19-21H2;3*1H3,(H,3,4);/q;;;;+3/p-3. The van der Waals surface area contributed by atoms with E-state index in [2.05, 4.69) is 24.3 Å². The van der Waals surface area contributed by atoms with Gasteiger partial charge in [0.15, 0.2) is 0 Å². The summed E-state index contributed by atoms with van der Waals surface area (Å²) in [6.45, 7) is 2.92. The zero-order chi connectivity index (χ0) is 26.3. The maximum absolute atomic E-state index is 8.89. The topological polar surface area (TPSA) is 198 Å². The monoisotopic (exact) mass is 586 g/mol. The third-order valence-electron chi connectivity index (χ3n) is 3.57. The van der Waals surface area contributed by atoms with Crippen molar-refractivity contribution in [1.29, 1.82) is 0 Å². The smallest absolute Gasteiger partial charge is 0.550 e. The first kappa shape index (κ1) is 33.7. The van der Waals surface area contributed by atoms with Crippen LogP contribution in [-0.4, -0.2) is 17.9 Å². The van der Waals surface area contributed by atoms with Crippen LogP contribution in [-0.2, 0) is 33.9 Å². The van der Waals surface area contributed by atoms with E-state index in [-0.39, 0.29) is 19.5 Å². The van der Waals surface area contributed by atoms with Gasteiger partial charge >= 0.3 is 19.5 Å². The van der Waals surface area contributed by atoms with Crippen LogP contribution < -0.4 is 48.4 Å². The van der Waals surface area contributed by atoms with Crippen molar-refractivity contribution < 1.29 is 49.2 Å². The van der Waals surface area contributed by atoms with Crippen molar-refractivity contribution in [2.45, 2.75) is 20.8 Å². The number of benzene rings is 3. The molecule has 0 aliphatic heterocycles. The molecule has 0 aliphatic rings. The molecular weight excluding hydrogens is 558 g/mol. The van der Waals surface area contributed by atoms with E-state index in [0.717, 1.165) is 26.1 Å². The van der Waals surface area contributed by atoms with Crippen LogP contribution in [0.3, 0.4) is 0 Å². The van der Waals surface area contributed by atoms with E-state index in [0.29, 0.717) is 17.1 Å². The molecule has 35 heavy (non-hydrogen) atoms. The van der Waals surface area contributed by atoms with E-state index < -0.39 is 25.8 Å². The number of rotatable bonds is 3. The molecule has 3 rings (SSSR count). The Labute approximate surface area is 218 Å². The number of anilines is 3. The molecule has 1 radical (unpaired) electrons. The molecule has 0 atom stereocenters. The number of nitrogen functional groups attached to an aromatic ring is 3. The van der Waals surface area contributed by atoms with Gasteiger partial charge in [-0.05, 0) is 51.4 Å². The van der Waals surface area contributed by atoms with Crippen LogP contribution in [0.1, 0.15) is 20.8 Å². The van der Waals surface area contributed by atoms with Crippen LogP contribution in [0, 0.1) is 0 Å². The quantitative estimate of drug-likeness (QED) is 0.185. The fraction of sp³-hybridized carbons (Fsp3) is 0.125. The first-order chi connectivity index (χ1) is 15.9. The summed E-state index contributed by atoms with van der Waals surface area (Å²) >= 11 is 0. The van der Waals surface area contributed by atoms with Gasteiger partial charge in [0.1, 0.15) is 0 Å². The first-order valence-corrected chi connectivity index (χ1v) is 11.1. The SMILES string of the molecule is CC(=O)[O-].CC(=O)[O-].CC(=O)[O-].Nc1ccc(P(c2ccccc2)c2ccccc2)c(N)c1N.[Ru+3]. The van der Waals surface area contributed by atoms with Crippen LogP contribution in [0.4, 0.5) is 17.1 Å². The number of hydrogen-bond acceptors (Lipinski definition) is 9. The fourth-order valence-electron chi connectivity index (χ4n) is 2.42. The summed E-state index contributed by atoms with van der Waals surface area (Å²) in [6.07, 6.45) is 0. The fourth-order valence-corrected chi connectivity index (χ4v) is 4.80. The maximum atomic E-state index is 8.89. The van der Waals surface area contributed by atoms with Gasteiger partial charge < -0.3 is 46.9 Å². The summed E-state index contributed by atoms with van der Waals surface area (Å²) in [7, 11) is -0.756. The first-order valence-electron chi connectivity index (χ1n) is 9.74. The van der Waals surface area contributed by atoms with E-state index in [4.69, 9.17) is 46.9 Å². The summed E-state index contributed by atoms with van der Waals surface area (Å²) in [6, 6.07) is 24.6. The molecule has 6 N–H and O–H groups in total. The molecule has 0 heterocycles. The average molecular weight is 586 g/mol. The Kier molecular flexibility index (Phi) is 17.3. The molecule has 9 nitrogen and oxygen atoms in total. The number of carbonyl (C=O) groups excluding carboxylic acids is 3. The second kappa shape index (κ2) is 17.9. The number of aliphatic carboxylic acids is 3. The average Bonchev–Trinajstić information content (AvgIpc) is 2.74. The zero-order valence-corrected chi connectivity index (χ0v) is 22.0. The Hall–Kier alpha value is -3.48. The van der Waals surface area contributed by atoms with Crippen molar-refractivity contribution in [3.63, 3.8) is 0 Å². The van der Waals surface area contributed by atoms with Crippen molar-refractivity contribution in [2.75, 3.05) is 17.2 Å². The van der Waals surface area contributed by atoms with Gasteiger partial charge in [-0.15, -0.1) is 0 Å². The van der Waals surface area contributed by atoms with Crippen molar-refractivity contribution in [3.05, 3.63) is 72.8 Å². The molecule has 0 bridgehead atoms. The van der Waals surface area contributed by atoms with E-state index in [9.17, 15) is 0 Å². The second-order valence-corrected chi connectivity index (χ2v) is 8.67. The molecule has 0 unspecified atom stereocenters. The van der Waals surface area contributed by atoms with Crippen molar-refractivity contribution in [1.82, 2.24) is 0 Å². The van der Waals surface area contributed by atoms with E-state index >= 15 is 0 Å². The van der Waals surface area contributed by atoms with Crippen LogP contribution in [0.2, 0.25) is 0 Å². The Morgan fingerprint density at radius 1 is 0.600 bits per heavy atom. The van der Waals surface area contributed by atoms with E-state index in [1.807, 2.05) is 48.5 Å². The summed E-state index contributed by atoms with van der Waals surface area (Å²) in [5.74, 6) is -3.25. The van der Waals surface area contributed by atoms with Gasteiger partial charge in [-0.3, -0.25) is 0 Å². The number of nitrogens with two attached hydrogens (primary N) is 3. The van der Waals surface area contributed by atoms with Gasteiger partial charge in [0.25, 0.3) is 0 Å². The molecular formula is C24H27N3O6PRu. The predicted octanol–water partition coefficient (Wildman–Crippen LogP) is -1.54. The summed E-state index contributed by atoms with van der Waals surface area (Å²) < 4.78 is 0. The normalized spacial score (nSPS) is 8.91. The van der Waals surface area contributed by atoms with Gasteiger partial charge in [-0.2, -0.15) is 0 Å². The molecule has 0 spiro atoms. The zero-order valence-electron chi connectivity index (χ0n) is 19.4. The second-order valence-electron chi connectivity index (χ2n) is 6.48. The Bertz CT molecular complexity index is 990. The molecule has 0 amide bonds. The number of carbonyl (C=O) groups is 3. The molecule has 11 heteroatoms. The van der Waals surface area contributed by atoms with Gasteiger partial charge in [0.05, 0.1) is 17.1 Å². The minimum atomic E-state index is -1.08. The van der Waals surface area contributed by atoms with Gasteiger partial charge in [0.2, 0.25) is 0 Å². The maximum Gasteiger partial charge on any atom is 3.00 e. The third kappa shape index (κ3) is 14.4. The minimum Gasteiger partial charge on any atom is -0.550 e. The number of carboxylic acid groups (broad SMARTS) is 3. The summed E-state index contributed by atoms with van der Waals surface area (Å²) in [5.41, 5.74) is 19.8. The van der Waals surface area contributed by atoms with Crippen molar-refractivity contribution in [2.24, 2.45) is 0 Å². The minimum absolute atomic E-state index is 0. The third-order valence-corrected chi connectivity index (χ3v) is 6.07. The molecule has 0 aromatic heterocycles. The van der Waals surface area contributed by atoms with Gasteiger partial charge in [0, 0.05) is 23.2 Å². The number of hydrogen-bond donors (Lipinski definition) is 3. The molecule has 187 valence electrons. The summed E-state index contributed by atoms with van der Waals surface area (Å²) in [4.78, 5) is 26.7. The number of carboxylic acids is 3. The largest absolute Gasteiger partial charge is 3.00 e. The molecule has 3 aromatic carbocycles. The Morgan fingerprint density at radius 2 is 0.914 bits per heavy atom. The molecule has 0 aliphatic carbocycles. The van der Waals surface area contributed by atoms with Crippen LogP contribution in [0.5, 0.6) is 0 Å². The molecule has 3 aromatic rings. The van der Waals surface area contributed by atoms with Gasteiger partial charge in [-0.25, -0.2) is 0 Å². The summed E-state index contributed by atoms with van der Waals surface area (Å²) in [5, 5.41) is 30.2. The van der Waals surface area contributed by atoms with E-state index in [1.165, 1.54) is 10.6 Å². The predicted molar refractivity (Wildman–Crippen MR) is 130 cm³/mol. The van der Waals surface area contributed by atoms with Crippen LogP contribution >= 0.6 is 7.92 Å². The molecule has 0 saturated carbocycles. The van der Waals surface area contributed by atoms with E-state index in [1.54, 1.807) is 0 Å². The molecule has 0 saturated heterocycles. The Balaban J connectivity index is 0. The molecule has 0 fully saturated rings. The van der Waals surface area contributed by atoms with Gasteiger partial charge in [-0.1, -0.05) is 60.7 Å². The van der Waals surface area contributed by atoms with Crippen LogP contribution in [0.25, 0.3) is 0 Å². The Morgan fingerprint density at radius 3 is 1.23 bits per heavy atom. The van der Waals surface area contributed by atoms with Crippen molar-refractivity contribution >= 4 is 58.8 Å².